The molecule has 0 aliphatic carbocycles. The summed E-state index contributed by atoms with van der Waals surface area (Å²) in [6.07, 6.45) is -1.47. The number of nitrogens with zero attached hydrogens (tertiary/aromatic N) is 3. The molecule has 1 unspecified atom stereocenters. The lowest BCUT2D eigenvalue weighted by atomic mass is 10.1. The van der Waals surface area contributed by atoms with Gasteiger partial charge in [-0.05, 0) is 24.6 Å². The van der Waals surface area contributed by atoms with Crippen LogP contribution in [0, 0.1) is 0 Å². The molecule has 1 aliphatic heterocycles. The highest BCUT2D eigenvalue weighted by molar-refractivity contribution is 6.31. The molecule has 0 spiro atoms. The van der Waals surface area contributed by atoms with Crippen molar-refractivity contribution >= 4 is 29.1 Å². The Morgan fingerprint density at radius 3 is 2.70 bits per heavy atom. The second-order valence-electron chi connectivity index (χ2n) is 6.04. The molecule has 0 saturated carbocycles. The molecule has 0 radical (unpaired) electrons. The number of alkyl halides is 3. The third-order valence-electron chi connectivity index (χ3n) is 4.22. The van der Waals surface area contributed by atoms with Gasteiger partial charge in [-0.25, -0.2) is 4.98 Å². The van der Waals surface area contributed by atoms with Gasteiger partial charge in [-0.1, -0.05) is 23.2 Å². The number of fused-ring (bicyclic) bond motifs is 1. The maximum atomic E-state index is 12.6. The second-order valence-corrected chi connectivity index (χ2v) is 6.81. The Morgan fingerprint density at radius 1 is 1.33 bits per heavy atom. The van der Waals surface area contributed by atoms with Crippen molar-refractivity contribution in [3.63, 3.8) is 0 Å². The van der Waals surface area contributed by atoms with E-state index in [2.05, 4.69) is 14.7 Å². The molecule has 2 aromatic heterocycles. The van der Waals surface area contributed by atoms with Crippen molar-refractivity contribution in [2.75, 3.05) is 6.61 Å². The molecule has 0 N–H and O–H groups in total. The average Bonchev–Trinajstić information content (AvgIpc) is 2.93. The normalized spacial score (nSPS) is 15.2. The van der Waals surface area contributed by atoms with Crippen LogP contribution in [0.5, 0.6) is 0 Å². The first kappa shape index (κ1) is 19.9. The van der Waals surface area contributed by atoms with Gasteiger partial charge in [-0.2, -0.15) is 13.2 Å². The van der Waals surface area contributed by atoms with Crippen molar-refractivity contribution in [1.29, 1.82) is 0 Å². The molecular weight excluding hydrogens is 406 g/mol. The van der Waals surface area contributed by atoms with Gasteiger partial charge >= 0.3 is 6.18 Å². The summed E-state index contributed by atoms with van der Waals surface area (Å²) in [4.78, 5) is 22.3. The monoisotopic (exact) mass is 419 g/mol. The molecule has 27 heavy (non-hydrogen) atoms. The smallest absolute Gasteiger partial charge is 0.366 e. The van der Waals surface area contributed by atoms with E-state index < -0.39 is 12.8 Å². The Bertz CT molecular complexity index is 877. The number of rotatable bonds is 5. The summed E-state index contributed by atoms with van der Waals surface area (Å²) in [6, 6.07) is 2.82. The molecule has 0 bridgehead atoms. The van der Waals surface area contributed by atoms with E-state index >= 15 is 0 Å². The first-order chi connectivity index (χ1) is 12.7. The third-order valence-corrected chi connectivity index (χ3v) is 4.87. The molecule has 1 atom stereocenters. The van der Waals surface area contributed by atoms with E-state index in [0.717, 1.165) is 0 Å². The first-order valence-corrected chi connectivity index (χ1v) is 8.66. The molecule has 0 aromatic carbocycles. The van der Waals surface area contributed by atoms with Crippen LogP contribution < -0.4 is 0 Å². The first-order valence-electron chi connectivity index (χ1n) is 7.90. The van der Waals surface area contributed by atoms with E-state index in [-0.39, 0.29) is 34.4 Å². The molecule has 0 saturated heterocycles. The van der Waals surface area contributed by atoms with Crippen molar-refractivity contribution < 1.29 is 22.7 Å². The fourth-order valence-corrected chi connectivity index (χ4v) is 3.23. The Balaban J connectivity index is 1.73. The van der Waals surface area contributed by atoms with E-state index in [1.807, 2.05) is 0 Å². The van der Waals surface area contributed by atoms with Crippen LogP contribution in [0.2, 0.25) is 10.2 Å². The molecule has 3 heterocycles. The maximum absolute atomic E-state index is 12.6. The van der Waals surface area contributed by atoms with E-state index in [0.29, 0.717) is 23.2 Å². The van der Waals surface area contributed by atoms with Crippen LogP contribution in [0.15, 0.2) is 24.5 Å². The number of pyridine rings is 2. The second kappa shape index (κ2) is 7.61. The minimum atomic E-state index is -4.41. The van der Waals surface area contributed by atoms with Crippen LogP contribution in [0.3, 0.4) is 0 Å². The molecule has 5 nitrogen and oxygen atoms in total. The number of halogens is 5. The number of carbonyl (C=O) groups is 1. The number of ether oxygens (including phenoxy) is 1. The van der Waals surface area contributed by atoms with Crippen molar-refractivity contribution in [3.8, 4) is 0 Å². The molecule has 1 amide bonds. The molecule has 2 aromatic rings. The largest absolute Gasteiger partial charge is 0.411 e. The zero-order valence-electron chi connectivity index (χ0n) is 14.1. The zero-order chi connectivity index (χ0) is 19.8. The summed E-state index contributed by atoms with van der Waals surface area (Å²) < 4.78 is 41.0. The van der Waals surface area contributed by atoms with E-state index in [4.69, 9.17) is 23.2 Å². The topological polar surface area (TPSA) is 55.3 Å². The quantitative estimate of drug-likeness (QED) is 0.665. The van der Waals surface area contributed by atoms with Crippen molar-refractivity contribution in [2.45, 2.75) is 32.3 Å². The lowest BCUT2D eigenvalue weighted by Gasteiger charge is -2.24. The highest BCUT2D eigenvalue weighted by atomic mass is 35.5. The van der Waals surface area contributed by atoms with Gasteiger partial charge in [-0.3, -0.25) is 9.78 Å². The predicted molar refractivity (Wildman–Crippen MR) is 92.5 cm³/mol. The lowest BCUT2D eigenvalue weighted by molar-refractivity contribution is -0.176. The van der Waals surface area contributed by atoms with Gasteiger partial charge in [0.1, 0.15) is 11.8 Å². The van der Waals surface area contributed by atoms with E-state index in [9.17, 15) is 18.0 Å². The Hall–Kier alpha value is -1.90. The SMILES string of the molecule is CC(c1cnc(COCC(F)(F)F)c(Cl)c1)N1Cc2c(ccnc2Cl)C1=O. The molecule has 3 rings (SSSR count). The summed E-state index contributed by atoms with van der Waals surface area (Å²) in [6.45, 7) is 0.370. The number of hydrogen-bond acceptors (Lipinski definition) is 4. The van der Waals surface area contributed by atoms with E-state index in [1.165, 1.54) is 12.4 Å². The highest BCUT2D eigenvalue weighted by Gasteiger charge is 2.33. The molecule has 10 heteroatoms. The number of amides is 1. The average molecular weight is 420 g/mol. The van der Waals surface area contributed by atoms with Crippen LogP contribution >= 0.6 is 23.2 Å². The molecular formula is C17H14Cl2F3N3O2. The fraction of sp³-hybridized carbons (Fsp3) is 0.353. The third kappa shape index (κ3) is 4.34. The Kier molecular flexibility index (Phi) is 5.60. The van der Waals surface area contributed by atoms with Crippen LogP contribution in [0.25, 0.3) is 0 Å². The van der Waals surface area contributed by atoms with Crippen LogP contribution in [0.4, 0.5) is 13.2 Å². The lowest BCUT2D eigenvalue weighted by Crippen LogP contribution is -2.27. The van der Waals surface area contributed by atoms with E-state index in [1.54, 1.807) is 24.0 Å². The predicted octanol–water partition coefficient (Wildman–Crippen LogP) is 4.58. The summed E-state index contributed by atoms with van der Waals surface area (Å²) >= 11 is 12.2. The minimum absolute atomic E-state index is 0.172. The molecule has 0 fully saturated rings. The Labute approximate surface area is 163 Å². The van der Waals surface area contributed by atoms with Gasteiger partial charge in [0, 0.05) is 23.5 Å². The van der Waals surface area contributed by atoms with Gasteiger partial charge in [0.25, 0.3) is 5.91 Å². The molecule has 144 valence electrons. The van der Waals surface area contributed by atoms with Gasteiger partial charge in [0.15, 0.2) is 0 Å². The minimum Gasteiger partial charge on any atom is -0.366 e. The standard InChI is InChI=1S/C17H14Cl2F3N3O2/c1-9(25-6-12-11(16(25)26)2-3-23-15(12)19)10-4-13(18)14(24-5-10)7-27-8-17(20,21)22/h2-5,9H,6-8H2,1H3. The number of hydrogen-bond donors (Lipinski definition) is 0. The van der Waals surface area contributed by atoms with Gasteiger partial charge < -0.3 is 9.64 Å². The Morgan fingerprint density at radius 2 is 2.07 bits per heavy atom. The molecule has 1 aliphatic rings. The summed E-state index contributed by atoms with van der Waals surface area (Å²) in [5.74, 6) is -0.185. The van der Waals surface area contributed by atoms with Gasteiger partial charge in [-0.15, -0.1) is 0 Å². The summed E-state index contributed by atoms with van der Waals surface area (Å²) in [7, 11) is 0. The van der Waals surface area contributed by atoms with Crippen molar-refractivity contribution in [2.24, 2.45) is 0 Å². The fourth-order valence-electron chi connectivity index (χ4n) is 2.79. The van der Waals surface area contributed by atoms with Crippen molar-refractivity contribution in [1.82, 2.24) is 14.9 Å². The number of aromatic nitrogens is 2. The van der Waals surface area contributed by atoms with Crippen LogP contribution in [-0.4, -0.2) is 33.6 Å². The summed E-state index contributed by atoms with van der Waals surface area (Å²) in [5.41, 5.74) is 2.00. The zero-order valence-corrected chi connectivity index (χ0v) is 15.6. The summed E-state index contributed by atoms with van der Waals surface area (Å²) in [5, 5.41) is 0.453. The maximum Gasteiger partial charge on any atom is 0.411 e. The van der Waals surface area contributed by atoms with Gasteiger partial charge in [0.05, 0.1) is 29.9 Å². The van der Waals surface area contributed by atoms with Crippen LogP contribution in [-0.2, 0) is 17.9 Å². The highest BCUT2D eigenvalue weighted by Crippen LogP contribution is 2.34. The van der Waals surface area contributed by atoms with Gasteiger partial charge in [0.2, 0.25) is 0 Å². The number of carbonyl (C=O) groups excluding carboxylic acids is 1. The van der Waals surface area contributed by atoms with Crippen LogP contribution in [0.1, 0.15) is 40.1 Å². The van der Waals surface area contributed by atoms with Crippen molar-refractivity contribution in [3.05, 3.63) is 57.1 Å².